The number of amides is 1. The summed E-state index contributed by atoms with van der Waals surface area (Å²) in [7, 11) is 1.78. The van der Waals surface area contributed by atoms with Crippen LogP contribution >= 0.6 is 0 Å². The summed E-state index contributed by atoms with van der Waals surface area (Å²) in [6.45, 7) is 10.7. The number of furan rings is 1. The fraction of sp³-hybridized carbons (Fsp3) is 0.714. The predicted molar refractivity (Wildman–Crippen MR) is 112 cm³/mol. The Morgan fingerprint density at radius 3 is 2.68 bits per heavy atom. The molecule has 1 aromatic rings. The normalized spacial score (nSPS) is 21.1. The summed E-state index contributed by atoms with van der Waals surface area (Å²) in [6, 6.07) is 2.12. The third-order valence-corrected chi connectivity index (χ3v) is 5.53. The van der Waals surface area contributed by atoms with Crippen molar-refractivity contribution in [1.82, 2.24) is 16.0 Å². The molecule has 0 aromatic carbocycles. The number of carbonyl (C=O) groups excluding carboxylic acids is 1. The van der Waals surface area contributed by atoms with E-state index in [-0.39, 0.29) is 11.3 Å². The first-order valence-corrected chi connectivity index (χ1v) is 10.3. The van der Waals surface area contributed by atoms with Gasteiger partial charge in [-0.3, -0.25) is 9.79 Å². The van der Waals surface area contributed by atoms with Crippen LogP contribution in [0, 0.1) is 12.3 Å². The molecule has 0 radical (unpaired) electrons. The van der Waals surface area contributed by atoms with Crippen molar-refractivity contribution in [3.8, 4) is 0 Å². The van der Waals surface area contributed by atoms with Crippen LogP contribution < -0.4 is 16.0 Å². The molecule has 3 N–H and O–H groups in total. The average Bonchev–Trinajstić information content (AvgIpc) is 3.10. The van der Waals surface area contributed by atoms with Gasteiger partial charge in [-0.25, -0.2) is 0 Å². The van der Waals surface area contributed by atoms with Crippen molar-refractivity contribution in [3.05, 3.63) is 23.7 Å². The van der Waals surface area contributed by atoms with Gasteiger partial charge in [0, 0.05) is 43.8 Å². The molecule has 1 aliphatic carbocycles. The zero-order valence-corrected chi connectivity index (χ0v) is 17.9. The fourth-order valence-electron chi connectivity index (χ4n) is 3.33. The van der Waals surface area contributed by atoms with E-state index in [0.717, 1.165) is 50.4 Å². The highest BCUT2D eigenvalue weighted by molar-refractivity contribution is 5.92. The van der Waals surface area contributed by atoms with Gasteiger partial charge in [0.1, 0.15) is 0 Å². The molecule has 1 saturated carbocycles. The highest BCUT2D eigenvalue weighted by atomic mass is 16.5. The van der Waals surface area contributed by atoms with Crippen LogP contribution in [0.4, 0.5) is 0 Å². The third-order valence-electron chi connectivity index (χ3n) is 5.53. The largest absolute Gasteiger partial charge is 0.459 e. The lowest BCUT2D eigenvalue weighted by Gasteiger charge is -2.52. The van der Waals surface area contributed by atoms with Crippen molar-refractivity contribution in [2.24, 2.45) is 10.4 Å². The molecule has 0 bridgehead atoms. The first-order valence-electron chi connectivity index (χ1n) is 10.3. The van der Waals surface area contributed by atoms with Gasteiger partial charge in [0.05, 0.1) is 12.4 Å². The lowest BCUT2D eigenvalue weighted by atomic mass is 9.64. The molecule has 28 heavy (non-hydrogen) atoms. The Labute approximate surface area is 168 Å². The summed E-state index contributed by atoms with van der Waals surface area (Å²) >= 11 is 0. The number of aryl methyl sites for hydroxylation is 1. The standard InChI is InChI=1S/C21H36N4O3/c1-6-7-12-27-17-14-16(21(17,3)4)25-20(22-5)24-11-8-10-23-19(26)18-15(2)9-13-28-18/h9,13,16-17H,6-8,10-12,14H2,1-5H3,(H,23,26)(H2,22,24,25). The molecule has 0 saturated heterocycles. The van der Waals surface area contributed by atoms with Crippen LogP contribution in [-0.2, 0) is 4.74 Å². The minimum Gasteiger partial charge on any atom is -0.459 e. The van der Waals surface area contributed by atoms with Crippen LogP contribution in [0.1, 0.15) is 62.6 Å². The fourth-order valence-corrected chi connectivity index (χ4v) is 3.33. The Balaban J connectivity index is 1.64. The maximum absolute atomic E-state index is 12.0. The van der Waals surface area contributed by atoms with Gasteiger partial charge in [-0.05, 0) is 32.3 Å². The number of ether oxygens (including phenoxy) is 1. The van der Waals surface area contributed by atoms with Gasteiger partial charge in [-0.15, -0.1) is 0 Å². The third kappa shape index (κ3) is 5.74. The number of hydrogen-bond acceptors (Lipinski definition) is 4. The minimum absolute atomic E-state index is 0.0836. The molecule has 2 unspecified atom stereocenters. The van der Waals surface area contributed by atoms with E-state index in [1.54, 1.807) is 13.1 Å². The van der Waals surface area contributed by atoms with Gasteiger partial charge < -0.3 is 25.1 Å². The highest BCUT2D eigenvalue weighted by Gasteiger charge is 2.49. The summed E-state index contributed by atoms with van der Waals surface area (Å²) in [6.07, 6.45) is 5.90. The molecule has 7 nitrogen and oxygen atoms in total. The zero-order chi connectivity index (χ0) is 20.6. The molecule has 158 valence electrons. The van der Waals surface area contributed by atoms with Crippen molar-refractivity contribution in [1.29, 1.82) is 0 Å². The van der Waals surface area contributed by atoms with Crippen LogP contribution in [0.25, 0.3) is 0 Å². The van der Waals surface area contributed by atoms with Gasteiger partial charge in [0.15, 0.2) is 11.7 Å². The summed E-state index contributed by atoms with van der Waals surface area (Å²) in [5.41, 5.74) is 0.931. The van der Waals surface area contributed by atoms with Gasteiger partial charge in [-0.2, -0.15) is 0 Å². The maximum atomic E-state index is 12.0. The number of hydrogen-bond donors (Lipinski definition) is 3. The Morgan fingerprint density at radius 2 is 2.07 bits per heavy atom. The van der Waals surface area contributed by atoms with Gasteiger partial charge in [0.25, 0.3) is 5.91 Å². The summed E-state index contributed by atoms with van der Waals surface area (Å²) in [5, 5.41) is 9.69. The molecule has 7 heteroatoms. The lowest BCUT2D eigenvalue weighted by molar-refractivity contribution is -0.113. The van der Waals surface area contributed by atoms with E-state index in [4.69, 9.17) is 9.15 Å². The van der Waals surface area contributed by atoms with E-state index in [1.165, 1.54) is 6.26 Å². The number of rotatable bonds is 10. The summed E-state index contributed by atoms with van der Waals surface area (Å²) in [4.78, 5) is 16.3. The quantitative estimate of drug-likeness (QED) is 0.324. The molecule has 1 aromatic heterocycles. The molecule has 1 amide bonds. The van der Waals surface area contributed by atoms with Crippen molar-refractivity contribution in [2.45, 2.75) is 65.5 Å². The molecule has 2 atom stereocenters. The molecule has 0 aliphatic heterocycles. The number of nitrogens with one attached hydrogen (secondary N) is 3. The van der Waals surface area contributed by atoms with Crippen LogP contribution in [-0.4, -0.2) is 50.8 Å². The predicted octanol–water partition coefficient (Wildman–Crippen LogP) is 2.86. The second-order valence-electron chi connectivity index (χ2n) is 8.01. The molecule has 1 aliphatic rings. The van der Waals surface area contributed by atoms with Crippen molar-refractivity contribution < 1.29 is 13.9 Å². The van der Waals surface area contributed by atoms with Crippen molar-refractivity contribution in [3.63, 3.8) is 0 Å². The van der Waals surface area contributed by atoms with Crippen LogP contribution in [0.2, 0.25) is 0 Å². The number of guanidine groups is 1. The second kappa shape index (κ2) is 10.5. The number of nitrogens with zero attached hydrogens (tertiary/aromatic N) is 1. The molecular weight excluding hydrogens is 356 g/mol. The Hall–Kier alpha value is -2.02. The first kappa shape index (κ1) is 22.3. The topological polar surface area (TPSA) is 87.9 Å². The van der Waals surface area contributed by atoms with Crippen molar-refractivity contribution in [2.75, 3.05) is 26.7 Å². The van der Waals surface area contributed by atoms with Crippen LogP contribution in [0.15, 0.2) is 21.7 Å². The number of unbranched alkanes of at least 4 members (excludes halogenated alkanes) is 1. The zero-order valence-electron chi connectivity index (χ0n) is 17.9. The first-order chi connectivity index (χ1) is 13.4. The van der Waals surface area contributed by atoms with E-state index in [1.807, 2.05) is 6.92 Å². The van der Waals surface area contributed by atoms with Crippen LogP contribution in [0.3, 0.4) is 0 Å². The maximum Gasteiger partial charge on any atom is 0.287 e. The Kier molecular flexibility index (Phi) is 8.35. The van der Waals surface area contributed by atoms with E-state index in [9.17, 15) is 4.79 Å². The van der Waals surface area contributed by atoms with Crippen LogP contribution in [0.5, 0.6) is 0 Å². The van der Waals surface area contributed by atoms with E-state index in [2.05, 4.69) is 41.7 Å². The van der Waals surface area contributed by atoms with Gasteiger partial charge in [-0.1, -0.05) is 27.2 Å². The molecular formula is C21H36N4O3. The van der Waals surface area contributed by atoms with E-state index >= 15 is 0 Å². The number of carbonyl (C=O) groups is 1. The lowest BCUT2D eigenvalue weighted by Crippen LogP contribution is -2.63. The number of aliphatic imine (C=N–C) groups is 1. The monoisotopic (exact) mass is 392 g/mol. The highest BCUT2D eigenvalue weighted by Crippen LogP contribution is 2.42. The molecule has 1 fully saturated rings. The second-order valence-corrected chi connectivity index (χ2v) is 8.01. The average molecular weight is 393 g/mol. The molecule has 0 spiro atoms. The molecule has 2 rings (SSSR count). The van der Waals surface area contributed by atoms with E-state index in [0.29, 0.717) is 24.5 Å². The van der Waals surface area contributed by atoms with E-state index < -0.39 is 0 Å². The SMILES string of the molecule is CCCCOC1CC(NC(=NC)NCCCNC(=O)c2occc2C)C1(C)C. The smallest absolute Gasteiger partial charge is 0.287 e. The van der Waals surface area contributed by atoms with Gasteiger partial charge in [0.2, 0.25) is 0 Å². The van der Waals surface area contributed by atoms with Crippen molar-refractivity contribution >= 4 is 11.9 Å². The van der Waals surface area contributed by atoms with Gasteiger partial charge >= 0.3 is 0 Å². The Bertz CT molecular complexity index is 654. The summed E-state index contributed by atoms with van der Waals surface area (Å²) in [5.74, 6) is 1.00. The Morgan fingerprint density at radius 1 is 1.32 bits per heavy atom. The summed E-state index contributed by atoms with van der Waals surface area (Å²) < 4.78 is 11.2. The minimum atomic E-state index is -0.171. The molecule has 1 heterocycles.